The molecule has 7 nitrogen and oxygen atoms in total. The first-order valence-corrected chi connectivity index (χ1v) is 10.5. The molecule has 3 aromatic rings. The van der Waals surface area contributed by atoms with Gasteiger partial charge in [0.1, 0.15) is 23.6 Å². The number of aromatic nitrogens is 2. The van der Waals surface area contributed by atoms with Crippen molar-refractivity contribution < 1.29 is 8.81 Å². The van der Waals surface area contributed by atoms with Gasteiger partial charge in [0.2, 0.25) is 0 Å². The van der Waals surface area contributed by atoms with E-state index in [9.17, 15) is 4.39 Å². The monoisotopic (exact) mass is 420 g/mol. The molecule has 160 valence electrons. The highest BCUT2D eigenvalue weighted by Crippen LogP contribution is 2.29. The van der Waals surface area contributed by atoms with Gasteiger partial charge in [-0.2, -0.15) is 4.98 Å². The summed E-state index contributed by atoms with van der Waals surface area (Å²) in [6, 6.07) is 6.53. The number of aliphatic imine (C=N–C) groups is 1. The van der Waals surface area contributed by atoms with Gasteiger partial charge in [0.25, 0.3) is 0 Å². The van der Waals surface area contributed by atoms with E-state index in [1.165, 1.54) is 38.1 Å². The lowest BCUT2D eigenvalue weighted by Crippen LogP contribution is -2.55. The average Bonchev–Trinajstić information content (AvgIpc) is 3.36. The van der Waals surface area contributed by atoms with Crippen molar-refractivity contribution in [2.75, 3.05) is 19.6 Å². The maximum atomic E-state index is 13.4. The summed E-state index contributed by atoms with van der Waals surface area (Å²) in [4.78, 5) is 11.4. The second-order valence-corrected chi connectivity index (χ2v) is 8.11. The molecule has 6 rings (SSSR count). The summed E-state index contributed by atoms with van der Waals surface area (Å²) in [6.07, 6.45) is 9.11. The Morgan fingerprint density at radius 3 is 2.77 bits per heavy atom. The Bertz CT molecular complexity index is 1150. The van der Waals surface area contributed by atoms with Crippen molar-refractivity contribution in [3.8, 4) is 11.3 Å². The summed E-state index contributed by atoms with van der Waals surface area (Å²) < 4.78 is 20.5. The summed E-state index contributed by atoms with van der Waals surface area (Å²) in [7, 11) is 0. The van der Waals surface area contributed by atoms with E-state index >= 15 is 0 Å². The number of imidazole rings is 1. The van der Waals surface area contributed by atoms with E-state index in [0.717, 1.165) is 12.1 Å². The maximum absolute atomic E-state index is 13.4. The number of hydrogen-bond acceptors (Lipinski definition) is 6. The van der Waals surface area contributed by atoms with Crippen LogP contribution in [0.25, 0.3) is 22.8 Å². The molecule has 3 fully saturated rings. The van der Waals surface area contributed by atoms with Crippen LogP contribution in [0.2, 0.25) is 0 Å². The molecule has 1 atom stereocenters. The summed E-state index contributed by atoms with van der Waals surface area (Å²) in [6.45, 7) is 7.48. The molecule has 0 amide bonds. The molecule has 0 spiro atoms. The van der Waals surface area contributed by atoms with Gasteiger partial charge in [-0.05, 0) is 62.2 Å². The Kier molecular flexibility index (Phi) is 5.07. The van der Waals surface area contributed by atoms with Gasteiger partial charge in [-0.25, -0.2) is 9.38 Å². The van der Waals surface area contributed by atoms with Gasteiger partial charge in [0.05, 0.1) is 11.4 Å². The molecule has 2 bridgehead atoms. The van der Waals surface area contributed by atoms with Crippen molar-refractivity contribution in [2.24, 2.45) is 16.6 Å². The van der Waals surface area contributed by atoms with Gasteiger partial charge in [-0.1, -0.05) is 6.58 Å². The Hall–Kier alpha value is -3.39. The van der Waals surface area contributed by atoms with Crippen molar-refractivity contribution in [1.82, 2.24) is 19.6 Å². The summed E-state index contributed by atoms with van der Waals surface area (Å²) in [5.41, 5.74) is 8.88. The molecule has 2 aromatic heterocycles. The lowest BCUT2D eigenvalue weighted by atomic mass is 9.84. The topological polar surface area (TPSA) is 84.1 Å². The lowest BCUT2D eigenvalue weighted by molar-refractivity contribution is 0.0772. The summed E-state index contributed by atoms with van der Waals surface area (Å²) in [5, 5.41) is 3.45. The molecule has 0 radical (unpaired) electrons. The number of piperidine rings is 3. The lowest BCUT2D eigenvalue weighted by Gasteiger charge is -2.45. The van der Waals surface area contributed by atoms with Crippen LogP contribution < -0.4 is 11.1 Å². The molecule has 5 heterocycles. The number of hydrogen-bond donors (Lipinski definition) is 2. The Balaban J connectivity index is 1.35. The molecular weight excluding hydrogens is 395 g/mol. The first kappa shape index (κ1) is 19.6. The number of rotatable bonds is 6. The minimum Gasteiger partial charge on any atom is -0.432 e. The SMILES string of the molecule is C=C(/N=C\C=C(/N)c1c(-c2ccc(F)cc2)nc2occn12)NC1CN2CCC1CC2. The predicted octanol–water partition coefficient (Wildman–Crippen LogP) is 3.26. The van der Waals surface area contributed by atoms with E-state index in [4.69, 9.17) is 10.2 Å². The molecule has 3 aliphatic rings. The minimum absolute atomic E-state index is 0.308. The van der Waals surface area contributed by atoms with E-state index in [0.29, 0.717) is 40.7 Å². The van der Waals surface area contributed by atoms with Crippen LogP contribution in [0.15, 0.2) is 64.6 Å². The molecule has 0 aliphatic carbocycles. The molecule has 3 aliphatic heterocycles. The molecule has 3 N–H and O–H groups in total. The Labute approximate surface area is 179 Å². The zero-order chi connectivity index (χ0) is 21.4. The largest absolute Gasteiger partial charge is 0.432 e. The average molecular weight is 420 g/mol. The van der Waals surface area contributed by atoms with Crippen LogP contribution in [-0.2, 0) is 0 Å². The van der Waals surface area contributed by atoms with E-state index in [-0.39, 0.29) is 5.82 Å². The van der Waals surface area contributed by atoms with Crippen molar-refractivity contribution in [3.05, 3.63) is 66.7 Å². The van der Waals surface area contributed by atoms with Crippen molar-refractivity contribution in [2.45, 2.75) is 18.9 Å². The molecule has 0 saturated carbocycles. The normalized spacial score (nSPS) is 23.6. The zero-order valence-electron chi connectivity index (χ0n) is 17.2. The summed E-state index contributed by atoms with van der Waals surface area (Å²) in [5.74, 6) is 1.43. The fourth-order valence-corrected chi connectivity index (χ4v) is 4.54. The third-order valence-electron chi connectivity index (χ3n) is 6.15. The number of oxazole rings is 1. The van der Waals surface area contributed by atoms with Crippen molar-refractivity contribution in [1.29, 1.82) is 0 Å². The van der Waals surface area contributed by atoms with Gasteiger partial charge >= 0.3 is 5.84 Å². The molecule has 31 heavy (non-hydrogen) atoms. The molecular formula is C23H25FN6O. The van der Waals surface area contributed by atoms with Crippen LogP contribution in [0, 0.1) is 11.7 Å². The molecule has 3 saturated heterocycles. The smallest absolute Gasteiger partial charge is 0.306 e. The minimum atomic E-state index is -0.308. The highest BCUT2D eigenvalue weighted by Gasteiger charge is 2.33. The van der Waals surface area contributed by atoms with Crippen LogP contribution in [0.5, 0.6) is 0 Å². The Morgan fingerprint density at radius 2 is 2.06 bits per heavy atom. The van der Waals surface area contributed by atoms with E-state index in [1.54, 1.807) is 41.3 Å². The standard InChI is InChI=1S/C23H25FN6O/c1-15(27-20-14-29-10-7-16(20)8-11-29)26-9-6-19(25)22-21(17-2-4-18(24)5-3-17)28-23-30(22)12-13-31-23/h2-6,9,12-13,16,20,27H,1,7-8,10-11,14,25H2/b19-6-,26-9-. The molecule has 8 heteroatoms. The third kappa shape index (κ3) is 3.86. The fourth-order valence-electron chi connectivity index (χ4n) is 4.54. The fraction of sp³-hybridized carbons (Fsp3) is 0.304. The quantitative estimate of drug-likeness (QED) is 0.598. The Morgan fingerprint density at radius 1 is 1.29 bits per heavy atom. The third-order valence-corrected chi connectivity index (χ3v) is 6.15. The van der Waals surface area contributed by atoms with Crippen molar-refractivity contribution >= 4 is 17.8 Å². The molecule has 1 aromatic carbocycles. The van der Waals surface area contributed by atoms with Crippen LogP contribution in [-0.4, -0.2) is 46.2 Å². The van der Waals surface area contributed by atoms with Gasteiger partial charge < -0.3 is 20.4 Å². The number of benzene rings is 1. The number of nitrogens with zero attached hydrogens (tertiary/aromatic N) is 4. The van der Waals surface area contributed by atoms with Crippen LogP contribution in [0.3, 0.4) is 0 Å². The van der Waals surface area contributed by atoms with Gasteiger partial charge in [-0.15, -0.1) is 0 Å². The highest BCUT2D eigenvalue weighted by molar-refractivity contribution is 5.87. The number of allylic oxidation sites excluding steroid dienone is 1. The second-order valence-electron chi connectivity index (χ2n) is 8.11. The summed E-state index contributed by atoms with van der Waals surface area (Å²) >= 11 is 0. The van der Waals surface area contributed by atoms with Crippen LogP contribution >= 0.6 is 0 Å². The van der Waals surface area contributed by atoms with E-state index in [1.807, 2.05) is 0 Å². The number of halogens is 1. The van der Waals surface area contributed by atoms with Gasteiger partial charge in [-0.3, -0.25) is 4.40 Å². The number of fused-ring (bicyclic) bond motifs is 4. The first-order valence-electron chi connectivity index (χ1n) is 10.5. The number of nitrogens with one attached hydrogen (secondary N) is 1. The van der Waals surface area contributed by atoms with E-state index < -0.39 is 0 Å². The highest BCUT2D eigenvalue weighted by atomic mass is 19.1. The maximum Gasteiger partial charge on any atom is 0.306 e. The number of nitrogens with two attached hydrogens (primary N) is 1. The van der Waals surface area contributed by atoms with Crippen molar-refractivity contribution in [3.63, 3.8) is 0 Å². The van der Waals surface area contributed by atoms with Crippen LogP contribution in [0.1, 0.15) is 18.5 Å². The van der Waals surface area contributed by atoms with Crippen LogP contribution in [0.4, 0.5) is 4.39 Å². The van der Waals surface area contributed by atoms with E-state index in [2.05, 4.69) is 26.8 Å². The first-order chi connectivity index (χ1) is 15.1. The second kappa shape index (κ2) is 8.03. The van der Waals surface area contributed by atoms with Gasteiger partial charge in [0, 0.05) is 30.6 Å². The zero-order valence-corrected chi connectivity index (χ0v) is 17.2. The predicted molar refractivity (Wildman–Crippen MR) is 119 cm³/mol. The van der Waals surface area contributed by atoms with Gasteiger partial charge in [0.15, 0.2) is 0 Å². The molecule has 1 unspecified atom stereocenters.